The van der Waals surface area contributed by atoms with Gasteiger partial charge in [-0.15, -0.1) is 0 Å². The molecule has 0 fully saturated rings. The summed E-state index contributed by atoms with van der Waals surface area (Å²) in [6.45, 7) is 0. The highest BCUT2D eigenvalue weighted by Crippen LogP contribution is 2.28. The lowest BCUT2D eigenvalue weighted by atomic mass is 10.1. The summed E-state index contributed by atoms with van der Waals surface area (Å²) >= 11 is 0. The minimum absolute atomic E-state index is 0.0919. The molecule has 84 valence electrons. The third kappa shape index (κ3) is 2.00. The number of phenols is 2. The van der Waals surface area contributed by atoms with Crippen LogP contribution in [0.3, 0.4) is 0 Å². The number of carbonyl (C=O) groups excluding carboxylic acids is 1. The third-order valence-electron chi connectivity index (χ3n) is 2.60. The average molecular weight is 219 g/mol. The zero-order valence-electron chi connectivity index (χ0n) is 8.68. The molecule has 4 nitrogen and oxygen atoms in total. The molecule has 16 heavy (non-hydrogen) atoms. The van der Waals surface area contributed by atoms with Crippen molar-refractivity contribution in [3.05, 3.63) is 35.9 Å². The van der Waals surface area contributed by atoms with E-state index in [0.29, 0.717) is 0 Å². The highest BCUT2D eigenvalue weighted by atomic mass is 16.3. The van der Waals surface area contributed by atoms with Crippen molar-refractivity contribution in [2.75, 3.05) is 0 Å². The van der Waals surface area contributed by atoms with Crippen molar-refractivity contribution in [2.24, 2.45) is 0 Å². The number of hydrogen-bond donors (Lipinski definition) is 3. The van der Waals surface area contributed by atoms with Gasteiger partial charge in [-0.2, -0.15) is 0 Å². The van der Waals surface area contributed by atoms with E-state index in [-0.39, 0.29) is 29.0 Å². The molecule has 0 unspecified atom stereocenters. The second-order valence-electron chi connectivity index (χ2n) is 3.79. The smallest absolute Gasteiger partial charge is 0.255 e. The van der Waals surface area contributed by atoms with Gasteiger partial charge in [-0.3, -0.25) is 4.79 Å². The monoisotopic (exact) mass is 219 g/mol. The maximum absolute atomic E-state index is 11.8. The van der Waals surface area contributed by atoms with Crippen LogP contribution < -0.4 is 5.32 Å². The van der Waals surface area contributed by atoms with E-state index >= 15 is 0 Å². The molecular formula is C12H13NO3. The van der Waals surface area contributed by atoms with Gasteiger partial charge in [-0.25, -0.2) is 0 Å². The SMILES string of the molecule is O=C(NC1CC=CC1)c1cccc(O)c1O. The second kappa shape index (κ2) is 4.26. The van der Waals surface area contributed by atoms with Gasteiger partial charge in [0, 0.05) is 6.04 Å². The molecule has 0 saturated carbocycles. The molecule has 0 radical (unpaired) electrons. The minimum atomic E-state index is -0.369. The Labute approximate surface area is 93.2 Å². The lowest BCUT2D eigenvalue weighted by Gasteiger charge is -2.12. The van der Waals surface area contributed by atoms with Gasteiger partial charge in [0.15, 0.2) is 11.5 Å². The van der Waals surface area contributed by atoms with Gasteiger partial charge in [0.2, 0.25) is 0 Å². The summed E-state index contributed by atoms with van der Waals surface area (Å²) in [4.78, 5) is 11.8. The third-order valence-corrected chi connectivity index (χ3v) is 2.60. The van der Waals surface area contributed by atoms with Gasteiger partial charge >= 0.3 is 0 Å². The van der Waals surface area contributed by atoms with E-state index in [1.54, 1.807) is 0 Å². The van der Waals surface area contributed by atoms with E-state index in [1.165, 1.54) is 18.2 Å². The highest BCUT2D eigenvalue weighted by molar-refractivity contribution is 5.97. The minimum Gasteiger partial charge on any atom is -0.504 e. The van der Waals surface area contributed by atoms with Crippen LogP contribution >= 0.6 is 0 Å². The van der Waals surface area contributed by atoms with Crippen LogP contribution in [0.15, 0.2) is 30.4 Å². The molecule has 0 aliphatic heterocycles. The first-order valence-corrected chi connectivity index (χ1v) is 5.15. The molecule has 1 amide bonds. The van der Waals surface area contributed by atoms with Gasteiger partial charge in [0.25, 0.3) is 5.91 Å². The maximum atomic E-state index is 11.8. The number of amides is 1. The number of nitrogens with one attached hydrogen (secondary N) is 1. The fraction of sp³-hybridized carbons (Fsp3) is 0.250. The number of phenolic OH excluding ortho intramolecular Hbond substituents is 2. The van der Waals surface area contributed by atoms with Crippen molar-refractivity contribution in [1.82, 2.24) is 5.32 Å². The summed E-state index contributed by atoms with van der Waals surface area (Å²) in [5, 5.41) is 21.6. The van der Waals surface area contributed by atoms with Crippen LogP contribution in [0.2, 0.25) is 0 Å². The highest BCUT2D eigenvalue weighted by Gasteiger charge is 2.18. The number of benzene rings is 1. The van der Waals surface area contributed by atoms with Crippen molar-refractivity contribution in [1.29, 1.82) is 0 Å². The first-order chi connectivity index (χ1) is 7.68. The summed E-state index contributed by atoms with van der Waals surface area (Å²) in [5.41, 5.74) is 0.104. The Hall–Kier alpha value is -1.97. The Morgan fingerprint density at radius 2 is 1.94 bits per heavy atom. The van der Waals surface area contributed by atoms with E-state index in [4.69, 9.17) is 0 Å². The van der Waals surface area contributed by atoms with Gasteiger partial charge < -0.3 is 15.5 Å². The molecule has 0 spiro atoms. The van der Waals surface area contributed by atoms with Crippen LogP contribution in [-0.4, -0.2) is 22.2 Å². The van der Waals surface area contributed by atoms with Gasteiger partial charge in [-0.05, 0) is 25.0 Å². The van der Waals surface area contributed by atoms with E-state index in [0.717, 1.165) is 12.8 Å². The van der Waals surface area contributed by atoms with E-state index in [9.17, 15) is 15.0 Å². The van der Waals surface area contributed by atoms with Crippen molar-refractivity contribution in [3.8, 4) is 11.5 Å². The summed E-state index contributed by atoms with van der Waals surface area (Å²) in [6.07, 6.45) is 5.64. The maximum Gasteiger partial charge on any atom is 0.255 e. The Kier molecular flexibility index (Phi) is 2.81. The van der Waals surface area contributed by atoms with Crippen molar-refractivity contribution in [3.63, 3.8) is 0 Å². The van der Waals surface area contributed by atoms with E-state index < -0.39 is 0 Å². The predicted octanol–water partition coefficient (Wildman–Crippen LogP) is 1.55. The molecule has 0 saturated heterocycles. The second-order valence-corrected chi connectivity index (χ2v) is 3.79. The molecule has 1 aliphatic carbocycles. The molecule has 0 atom stereocenters. The summed E-state index contributed by atoms with van der Waals surface area (Å²) in [7, 11) is 0. The van der Waals surface area contributed by atoms with Crippen LogP contribution in [0.25, 0.3) is 0 Å². The molecular weight excluding hydrogens is 206 g/mol. The first kappa shape index (κ1) is 10.5. The number of carbonyl (C=O) groups is 1. The Bertz CT molecular complexity index is 432. The van der Waals surface area contributed by atoms with Crippen molar-refractivity contribution >= 4 is 5.91 Å². The standard InChI is InChI=1S/C12H13NO3/c14-10-7-3-6-9(11(10)15)12(16)13-8-4-1-2-5-8/h1-3,6-8,14-15H,4-5H2,(H,13,16). The molecule has 4 heteroatoms. The normalized spacial score (nSPS) is 15.2. The van der Waals surface area contributed by atoms with Gasteiger partial charge in [-0.1, -0.05) is 18.2 Å². The first-order valence-electron chi connectivity index (χ1n) is 5.15. The van der Waals surface area contributed by atoms with Gasteiger partial charge in [0.1, 0.15) is 0 Å². The number of aromatic hydroxyl groups is 2. The zero-order valence-corrected chi connectivity index (χ0v) is 8.68. The van der Waals surface area contributed by atoms with Crippen molar-refractivity contribution < 1.29 is 15.0 Å². The van der Waals surface area contributed by atoms with E-state index in [2.05, 4.69) is 5.32 Å². The van der Waals surface area contributed by atoms with Crippen molar-refractivity contribution in [2.45, 2.75) is 18.9 Å². The summed E-state index contributed by atoms with van der Waals surface area (Å²) in [5.74, 6) is -1.01. The predicted molar refractivity (Wildman–Crippen MR) is 59.4 cm³/mol. The molecule has 3 N–H and O–H groups in total. The molecule has 0 bridgehead atoms. The largest absolute Gasteiger partial charge is 0.504 e. The van der Waals surface area contributed by atoms with Crippen LogP contribution in [0, 0.1) is 0 Å². The summed E-state index contributed by atoms with van der Waals surface area (Å²) < 4.78 is 0. The molecule has 0 aromatic heterocycles. The molecule has 2 rings (SSSR count). The Balaban J connectivity index is 2.11. The molecule has 1 aromatic carbocycles. The number of para-hydroxylation sites is 1. The van der Waals surface area contributed by atoms with Crippen LogP contribution in [0.5, 0.6) is 11.5 Å². The lowest BCUT2D eigenvalue weighted by Crippen LogP contribution is -2.32. The number of rotatable bonds is 2. The topological polar surface area (TPSA) is 69.6 Å². The molecule has 1 aliphatic rings. The number of hydrogen-bond acceptors (Lipinski definition) is 3. The van der Waals surface area contributed by atoms with Gasteiger partial charge in [0.05, 0.1) is 5.56 Å². The Morgan fingerprint density at radius 1 is 1.25 bits per heavy atom. The lowest BCUT2D eigenvalue weighted by molar-refractivity contribution is 0.0935. The molecule has 1 aromatic rings. The molecule has 0 heterocycles. The van der Waals surface area contributed by atoms with Crippen LogP contribution in [-0.2, 0) is 0 Å². The zero-order chi connectivity index (χ0) is 11.5. The fourth-order valence-electron chi connectivity index (χ4n) is 1.71. The average Bonchev–Trinajstić information content (AvgIpc) is 2.74. The van der Waals surface area contributed by atoms with E-state index in [1.807, 2.05) is 12.2 Å². The fourth-order valence-corrected chi connectivity index (χ4v) is 1.71. The quantitative estimate of drug-likeness (QED) is 0.522. The van der Waals surface area contributed by atoms with Crippen LogP contribution in [0.1, 0.15) is 23.2 Å². The van der Waals surface area contributed by atoms with Crippen LogP contribution in [0.4, 0.5) is 0 Å². The summed E-state index contributed by atoms with van der Waals surface area (Å²) in [6, 6.07) is 4.43. The Morgan fingerprint density at radius 3 is 2.62 bits per heavy atom.